The van der Waals surface area contributed by atoms with Gasteiger partial charge in [-0.25, -0.2) is 9.78 Å². The van der Waals surface area contributed by atoms with Gasteiger partial charge in [-0.1, -0.05) is 0 Å². The number of imidazole rings is 1. The number of ether oxygens (including phenoxy) is 1. The summed E-state index contributed by atoms with van der Waals surface area (Å²) in [6.07, 6.45) is 5.09. The first-order valence-corrected chi connectivity index (χ1v) is 4.68. The second kappa shape index (κ2) is 4.06. The number of esters is 1. The Morgan fingerprint density at radius 2 is 2.31 bits per heavy atom. The van der Waals surface area contributed by atoms with E-state index in [4.69, 9.17) is 5.73 Å². The van der Waals surface area contributed by atoms with Crippen LogP contribution in [0.25, 0.3) is 5.69 Å². The summed E-state index contributed by atoms with van der Waals surface area (Å²) >= 11 is 0. The van der Waals surface area contributed by atoms with Gasteiger partial charge in [-0.15, -0.1) is 0 Å². The number of carbonyl (C=O) groups is 1. The van der Waals surface area contributed by atoms with Crippen molar-refractivity contribution in [3.05, 3.63) is 42.5 Å². The highest BCUT2D eigenvalue weighted by Gasteiger charge is 2.10. The zero-order chi connectivity index (χ0) is 11.5. The highest BCUT2D eigenvalue weighted by Crippen LogP contribution is 2.17. The summed E-state index contributed by atoms with van der Waals surface area (Å²) in [7, 11) is 1.33. The van der Waals surface area contributed by atoms with Crippen molar-refractivity contribution >= 4 is 11.7 Å². The van der Waals surface area contributed by atoms with Gasteiger partial charge in [-0.3, -0.25) is 0 Å². The Hall–Kier alpha value is -2.30. The molecule has 0 aliphatic rings. The fourth-order valence-corrected chi connectivity index (χ4v) is 1.40. The van der Waals surface area contributed by atoms with Crippen molar-refractivity contribution in [2.45, 2.75) is 0 Å². The van der Waals surface area contributed by atoms with Crippen molar-refractivity contribution in [1.82, 2.24) is 9.55 Å². The summed E-state index contributed by atoms with van der Waals surface area (Å²) in [5, 5.41) is 0. The largest absolute Gasteiger partial charge is 0.465 e. The minimum Gasteiger partial charge on any atom is -0.465 e. The van der Waals surface area contributed by atoms with Crippen LogP contribution in [-0.4, -0.2) is 22.6 Å². The molecule has 82 valence electrons. The number of nitrogens with zero attached hydrogens (tertiary/aromatic N) is 2. The van der Waals surface area contributed by atoms with Gasteiger partial charge in [0.25, 0.3) is 0 Å². The Bertz CT molecular complexity index is 506. The van der Waals surface area contributed by atoms with E-state index in [1.54, 1.807) is 35.4 Å². The van der Waals surface area contributed by atoms with E-state index in [1.165, 1.54) is 7.11 Å². The topological polar surface area (TPSA) is 70.1 Å². The molecule has 5 heteroatoms. The number of hydrogen-bond donors (Lipinski definition) is 1. The van der Waals surface area contributed by atoms with E-state index in [2.05, 4.69) is 9.72 Å². The molecule has 1 heterocycles. The summed E-state index contributed by atoms with van der Waals surface area (Å²) in [6.45, 7) is 0. The normalized spacial score (nSPS) is 10.1. The SMILES string of the molecule is COC(=O)c1cc(-n2ccnc2)ccc1N. The van der Waals surface area contributed by atoms with Crippen LogP contribution in [0.15, 0.2) is 36.9 Å². The van der Waals surface area contributed by atoms with Crippen molar-refractivity contribution in [3.63, 3.8) is 0 Å². The molecule has 1 aromatic heterocycles. The lowest BCUT2D eigenvalue weighted by Gasteiger charge is -2.07. The van der Waals surface area contributed by atoms with Crippen molar-refractivity contribution in [2.24, 2.45) is 0 Å². The molecule has 0 saturated heterocycles. The molecule has 1 aromatic carbocycles. The van der Waals surface area contributed by atoms with Gasteiger partial charge in [-0.2, -0.15) is 0 Å². The maximum absolute atomic E-state index is 11.4. The molecule has 0 spiro atoms. The molecular formula is C11H11N3O2. The minimum absolute atomic E-state index is 0.355. The van der Waals surface area contributed by atoms with Crippen molar-refractivity contribution < 1.29 is 9.53 Å². The second-order valence-corrected chi connectivity index (χ2v) is 3.23. The molecule has 0 saturated carbocycles. The first-order chi connectivity index (χ1) is 7.72. The number of benzene rings is 1. The Morgan fingerprint density at radius 1 is 1.50 bits per heavy atom. The summed E-state index contributed by atoms with van der Waals surface area (Å²) in [6, 6.07) is 5.15. The van der Waals surface area contributed by atoms with Crippen LogP contribution < -0.4 is 5.73 Å². The molecule has 2 rings (SSSR count). The number of anilines is 1. The lowest BCUT2D eigenvalue weighted by atomic mass is 10.1. The zero-order valence-corrected chi connectivity index (χ0v) is 8.75. The molecule has 0 radical (unpaired) electrons. The first-order valence-electron chi connectivity index (χ1n) is 4.68. The van der Waals surface area contributed by atoms with Crippen LogP contribution in [0.1, 0.15) is 10.4 Å². The smallest absolute Gasteiger partial charge is 0.340 e. The summed E-state index contributed by atoms with van der Waals surface area (Å²) in [5.41, 5.74) is 7.26. The molecule has 0 bridgehead atoms. The fraction of sp³-hybridized carbons (Fsp3) is 0.0909. The first kappa shape index (κ1) is 10.2. The third-order valence-corrected chi connectivity index (χ3v) is 2.24. The van der Waals surface area contributed by atoms with Gasteiger partial charge in [-0.05, 0) is 18.2 Å². The monoisotopic (exact) mass is 217 g/mol. The number of carbonyl (C=O) groups excluding carboxylic acids is 1. The predicted molar refractivity (Wildman–Crippen MR) is 59.3 cm³/mol. The van der Waals surface area contributed by atoms with Gasteiger partial charge in [0.15, 0.2) is 0 Å². The van der Waals surface area contributed by atoms with Crippen LogP contribution in [0.4, 0.5) is 5.69 Å². The van der Waals surface area contributed by atoms with Crippen LogP contribution >= 0.6 is 0 Å². The van der Waals surface area contributed by atoms with Gasteiger partial charge < -0.3 is 15.0 Å². The lowest BCUT2D eigenvalue weighted by Crippen LogP contribution is -2.06. The van der Waals surface area contributed by atoms with Crippen molar-refractivity contribution in [2.75, 3.05) is 12.8 Å². The molecule has 0 aliphatic heterocycles. The van der Waals surface area contributed by atoms with Crippen LogP contribution in [0.5, 0.6) is 0 Å². The van der Waals surface area contributed by atoms with Gasteiger partial charge >= 0.3 is 5.97 Å². The molecular weight excluding hydrogens is 206 g/mol. The van der Waals surface area contributed by atoms with Crippen molar-refractivity contribution in [3.8, 4) is 5.69 Å². The van der Waals surface area contributed by atoms with E-state index in [9.17, 15) is 4.79 Å². The van der Waals surface area contributed by atoms with Crippen LogP contribution in [-0.2, 0) is 4.74 Å². The molecule has 0 unspecified atom stereocenters. The molecule has 0 aliphatic carbocycles. The zero-order valence-electron chi connectivity index (χ0n) is 8.75. The van der Waals surface area contributed by atoms with Gasteiger partial charge in [0.2, 0.25) is 0 Å². The molecule has 16 heavy (non-hydrogen) atoms. The predicted octanol–water partition coefficient (Wildman–Crippen LogP) is 1.24. The van der Waals surface area contributed by atoms with E-state index in [-0.39, 0.29) is 0 Å². The number of hydrogen-bond acceptors (Lipinski definition) is 4. The number of rotatable bonds is 2. The van der Waals surface area contributed by atoms with E-state index in [0.29, 0.717) is 11.3 Å². The Balaban J connectivity index is 2.47. The molecule has 5 nitrogen and oxygen atoms in total. The highest BCUT2D eigenvalue weighted by atomic mass is 16.5. The van der Waals surface area contributed by atoms with E-state index in [1.807, 2.05) is 6.07 Å². The molecule has 2 N–H and O–H groups in total. The maximum Gasteiger partial charge on any atom is 0.340 e. The third-order valence-electron chi connectivity index (χ3n) is 2.24. The van der Waals surface area contributed by atoms with Crippen LogP contribution in [0.2, 0.25) is 0 Å². The Labute approximate surface area is 92.5 Å². The van der Waals surface area contributed by atoms with E-state index >= 15 is 0 Å². The summed E-state index contributed by atoms with van der Waals surface area (Å²) in [5.74, 6) is -0.445. The Kier molecular flexibility index (Phi) is 2.59. The summed E-state index contributed by atoms with van der Waals surface area (Å²) in [4.78, 5) is 15.4. The molecule has 0 amide bonds. The number of nitrogens with two attached hydrogens (primary N) is 1. The maximum atomic E-state index is 11.4. The van der Waals surface area contributed by atoms with Crippen LogP contribution in [0, 0.1) is 0 Å². The molecule has 0 fully saturated rings. The fourth-order valence-electron chi connectivity index (χ4n) is 1.40. The van der Waals surface area contributed by atoms with Gasteiger partial charge in [0.1, 0.15) is 0 Å². The quantitative estimate of drug-likeness (QED) is 0.607. The van der Waals surface area contributed by atoms with E-state index in [0.717, 1.165) is 5.69 Å². The Morgan fingerprint density at radius 3 is 2.94 bits per heavy atom. The standard InChI is InChI=1S/C11H11N3O2/c1-16-11(15)9-6-8(2-3-10(9)12)14-5-4-13-7-14/h2-7H,12H2,1H3. The highest BCUT2D eigenvalue weighted by molar-refractivity contribution is 5.95. The summed E-state index contributed by atoms with van der Waals surface area (Å²) < 4.78 is 6.43. The number of aromatic nitrogens is 2. The second-order valence-electron chi connectivity index (χ2n) is 3.23. The number of nitrogen functional groups attached to an aromatic ring is 1. The average molecular weight is 217 g/mol. The molecule has 2 aromatic rings. The number of methoxy groups -OCH3 is 1. The van der Waals surface area contributed by atoms with E-state index < -0.39 is 5.97 Å². The van der Waals surface area contributed by atoms with Crippen LogP contribution in [0.3, 0.4) is 0 Å². The van der Waals surface area contributed by atoms with Gasteiger partial charge in [0.05, 0.1) is 19.0 Å². The van der Waals surface area contributed by atoms with Crippen molar-refractivity contribution in [1.29, 1.82) is 0 Å². The third kappa shape index (κ3) is 1.75. The average Bonchev–Trinajstić information content (AvgIpc) is 2.82. The lowest BCUT2D eigenvalue weighted by molar-refractivity contribution is 0.0602. The minimum atomic E-state index is -0.445. The molecule has 0 atom stereocenters. The van der Waals surface area contributed by atoms with Gasteiger partial charge in [0, 0.05) is 23.8 Å².